The summed E-state index contributed by atoms with van der Waals surface area (Å²) in [7, 11) is 3.52. The standard InChI is InChI=1S/C18H22N6O2/c1-11(18(26)20-8-12-9-21-23(2)10-12)22-15-7-17(25)24(3)16-5-4-13(19)6-14(15)16/h4-7,9-11,22H,8,19H2,1-3H3,(H,20,26)/t11-/m1/s1. The smallest absolute Gasteiger partial charge is 0.252 e. The Labute approximate surface area is 150 Å². The largest absolute Gasteiger partial charge is 0.399 e. The molecular weight excluding hydrogens is 332 g/mol. The van der Waals surface area contributed by atoms with Crippen LogP contribution in [0.25, 0.3) is 10.9 Å². The van der Waals surface area contributed by atoms with E-state index in [4.69, 9.17) is 5.73 Å². The number of nitrogens with two attached hydrogens (primary N) is 1. The van der Waals surface area contributed by atoms with Crippen molar-refractivity contribution in [2.24, 2.45) is 14.1 Å². The fourth-order valence-electron chi connectivity index (χ4n) is 2.80. The van der Waals surface area contributed by atoms with E-state index in [9.17, 15) is 9.59 Å². The average molecular weight is 354 g/mol. The summed E-state index contributed by atoms with van der Waals surface area (Å²) in [6, 6.07) is 6.28. The summed E-state index contributed by atoms with van der Waals surface area (Å²) < 4.78 is 3.23. The molecule has 0 bridgehead atoms. The van der Waals surface area contributed by atoms with Crippen LogP contribution in [0.4, 0.5) is 11.4 Å². The van der Waals surface area contributed by atoms with E-state index < -0.39 is 6.04 Å². The highest BCUT2D eigenvalue weighted by molar-refractivity contribution is 5.95. The Morgan fingerprint density at radius 2 is 2.08 bits per heavy atom. The molecule has 2 heterocycles. The zero-order valence-corrected chi connectivity index (χ0v) is 15.0. The lowest BCUT2D eigenvalue weighted by molar-refractivity contribution is -0.121. The number of aryl methyl sites for hydroxylation is 2. The highest BCUT2D eigenvalue weighted by Gasteiger charge is 2.15. The quantitative estimate of drug-likeness (QED) is 0.592. The number of nitrogens with zero attached hydrogens (tertiary/aromatic N) is 3. The number of amides is 1. The minimum atomic E-state index is -0.525. The third-order valence-electron chi connectivity index (χ3n) is 4.26. The zero-order valence-electron chi connectivity index (χ0n) is 15.0. The van der Waals surface area contributed by atoms with Crippen molar-refractivity contribution < 1.29 is 4.79 Å². The first kappa shape index (κ1) is 17.5. The Hall–Kier alpha value is -3.29. The van der Waals surface area contributed by atoms with Crippen LogP contribution in [0.15, 0.2) is 41.5 Å². The molecule has 0 fully saturated rings. The molecule has 0 aliphatic carbocycles. The fourth-order valence-corrected chi connectivity index (χ4v) is 2.80. The summed E-state index contributed by atoms with van der Waals surface area (Å²) in [6.07, 6.45) is 3.55. The highest BCUT2D eigenvalue weighted by Crippen LogP contribution is 2.24. The second-order valence-electron chi connectivity index (χ2n) is 6.34. The van der Waals surface area contributed by atoms with Crippen molar-refractivity contribution in [1.82, 2.24) is 19.7 Å². The maximum Gasteiger partial charge on any atom is 0.252 e. The number of hydrogen-bond acceptors (Lipinski definition) is 5. The van der Waals surface area contributed by atoms with E-state index in [2.05, 4.69) is 15.7 Å². The van der Waals surface area contributed by atoms with Crippen LogP contribution in [0.3, 0.4) is 0 Å². The van der Waals surface area contributed by atoms with E-state index >= 15 is 0 Å². The summed E-state index contributed by atoms with van der Waals surface area (Å²) in [5, 5.41) is 10.8. The summed E-state index contributed by atoms with van der Waals surface area (Å²) in [5.74, 6) is -0.174. The molecule has 1 atom stereocenters. The predicted molar refractivity (Wildman–Crippen MR) is 102 cm³/mol. The zero-order chi connectivity index (χ0) is 18.8. The summed E-state index contributed by atoms with van der Waals surface area (Å²) >= 11 is 0. The lowest BCUT2D eigenvalue weighted by Crippen LogP contribution is -2.37. The van der Waals surface area contributed by atoms with Gasteiger partial charge in [-0.1, -0.05) is 0 Å². The molecule has 1 aromatic carbocycles. The SMILES string of the molecule is C[C@@H](Nc1cc(=O)n(C)c2ccc(N)cc12)C(=O)NCc1cnn(C)c1. The van der Waals surface area contributed by atoms with Gasteiger partial charge in [0.15, 0.2) is 0 Å². The van der Waals surface area contributed by atoms with E-state index in [0.29, 0.717) is 17.9 Å². The molecule has 4 N–H and O–H groups in total. The number of nitrogen functional groups attached to an aromatic ring is 1. The predicted octanol–water partition coefficient (Wildman–Crippen LogP) is 0.971. The minimum absolute atomic E-state index is 0.160. The van der Waals surface area contributed by atoms with Gasteiger partial charge in [-0.05, 0) is 25.1 Å². The average Bonchev–Trinajstić information content (AvgIpc) is 3.02. The van der Waals surface area contributed by atoms with Crippen LogP contribution in [-0.4, -0.2) is 26.3 Å². The van der Waals surface area contributed by atoms with E-state index in [-0.39, 0.29) is 11.5 Å². The maximum absolute atomic E-state index is 12.4. The molecular formula is C18H22N6O2. The third-order valence-corrected chi connectivity index (χ3v) is 4.26. The number of anilines is 2. The van der Waals surface area contributed by atoms with Crippen molar-refractivity contribution in [3.05, 3.63) is 52.6 Å². The van der Waals surface area contributed by atoms with Crippen molar-refractivity contribution in [2.75, 3.05) is 11.1 Å². The molecule has 3 rings (SSSR count). The Kier molecular flexibility index (Phi) is 4.66. The topological polar surface area (TPSA) is 107 Å². The van der Waals surface area contributed by atoms with Crippen LogP contribution in [0.2, 0.25) is 0 Å². The number of hydrogen-bond donors (Lipinski definition) is 3. The first-order chi connectivity index (χ1) is 12.3. The van der Waals surface area contributed by atoms with Gasteiger partial charge in [0, 0.05) is 55.2 Å². The van der Waals surface area contributed by atoms with Gasteiger partial charge in [-0.25, -0.2) is 0 Å². The fraction of sp³-hybridized carbons (Fsp3) is 0.278. The lowest BCUT2D eigenvalue weighted by atomic mass is 10.1. The first-order valence-corrected chi connectivity index (χ1v) is 8.26. The first-order valence-electron chi connectivity index (χ1n) is 8.26. The molecule has 8 heteroatoms. The monoisotopic (exact) mass is 354 g/mol. The van der Waals surface area contributed by atoms with Gasteiger partial charge < -0.3 is 20.9 Å². The van der Waals surface area contributed by atoms with Gasteiger partial charge in [0.1, 0.15) is 6.04 Å². The van der Waals surface area contributed by atoms with Crippen LogP contribution in [-0.2, 0) is 25.4 Å². The molecule has 26 heavy (non-hydrogen) atoms. The molecule has 1 amide bonds. The third kappa shape index (κ3) is 3.53. The van der Waals surface area contributed by atoms with Gasteiger partial charge in [-0.2, -0.15) is 5.10 Å². The number of fused-ring (bicyclic) bond motifs is 1. The normalized spacial score (nSPS) is 12.1. The van der Waals surface area contributed by atoms with Crippen LogP contribution < -0.4 is 21.9 Å². The molecule has 0 aliphatic rings. The van der Waals surface area contributed by atoms with Crippen molar-refractivity contribution in [3.8, 4) is 0 Å². The van der Waals surface area contributed by atoms with Gasteiger partial charge in [-0.3, -0.25) is 14.3 Å². The van der Waals surface area contributed by atoms with Crippen molar-refractivity contribution in [2.45, 2.75) is 19.5 Å². The number of nitrogens with one attached hydrogen (secondary N) is 2. The van der Waals surface area contributed by atoms with Crippen LogP contribution in [0.5, 0.6) is 0 Å². The molecule has 0 unspecified atom stereocenters. The summed E-state index contributed by atoms with van der Waals surface area (Å²) in [6.45, 7) is 2.14. The number of carbonyl (C=O) groups excluding carboxylic acids is 1. The number of rotatable bonds is 5. The summed E-state index contributed by atoms with van der Waals surface area (Å²) in [4.78, 5) is 24.6. The molecule has 8 nitrogen and oxygen atoms in total. The molecule has 0 saturated heterocycles. The van der Waals surface area contributed by atoms with E-state index in [0.717, 1.165) is 16.5 Å². The Morgan fingerprint density at radius 3 is 2.77 bits per heavy atom. The maximum atomic E-state index is 12.4. The van der Waals surface area contributed by atoms with E-state index in [1.807, 2.05) is 13.2 Å². The van der Waals surface area contributed by atoms with Crippen LogP contribution >= 0.6 is 0 Å². The Balaban J connectivity index is 1.79. The Morgan fingerprint density at radius 1 is 1.31 bits per heavy atom. The van der Waals surface area contributed by atoms with Gasteiger partial charge in [0.05, 0.1) is 11.7 Å². The van der Waals surface area contributed by atoms with Gasteiger partial charge in [-0.15, -0.1) is 0 Å². The molecule has 136 valence electrons. The number of carbonyl (C=O) groups is 1. The van der Waals surface area contributed by atoms with Gasteiger partial charge >= 0.3 is 0 Å². The van der Waals surface area contributed by atoms with E-state index in [1.165, 1.54) is 6.07 Å². The highest BCUT2D eigenvalue weighted by atomic mass is 16.2. The number of pyridine rings is 1. The number of aromatic nitrogens is 3. The molecule has 0 radical (unpaired) electrons. The Bertz CT molecular complexity index is 1020. The molecule has 2 aromatic heterocycles. The summed E-state index contributed by atoms with van der Waals surface area (Å²) in [5.41, 5.74) is 8.56. The van der Waals surface area contributed by atoms with Crippen molar-refractivity contribution in [3.63, 3.8) is 0 Å². The second kappa shape index (κ2) is 6.91. The minimum Gasteiger partial charge on any atom is -0.399 e. The lowest BCUT2D eigenvalue weighted by Gasteiger charge is -2.18. The number of benzene rings is 1. The van der Waals surface area contributed by atoms with Crippen molar-refractivity contribution >= 4 is 28.2 Å². The second-order valence-corrected chi connectivity index (χ2v) is 6.34. The van der Waals surface area contributed by atoms with Crippen LogP contribution in [0, 0.1) is 0 Å². The van der Waals surface area contributed by atoms with Gasteiger partial charge in [0.25, 0.3) is 5.56 Å². The van der Waals surface area contributed by atoms with E-state index in [1.54, 1.807) is 47.6 Å². The molecule has 0 spiro atoms. The van der Waals surface area contributed by atoms with Gasteiger partial charge in [0.2, 0.25) is 5.91 Å². The molecule has 3 aromatic rings. The van der Waals surface area contributed by atoms with Crippen LogP contribution in [0.1, 0.15) is 12.5 Å². The molecule has 0 saturated carbocycles. The van der Waals surface area contributed by atoms with Crippen molar-refractivity contribution in [1.29, 1.82) is 0 Å². The molecule has 0 aliphatic heterocycles.